The van der Waals surface area contributed by atoms with Crippen molar-refractivity contribution in [1.82, 2.24) is 9.78 Å². The van der Waals surface area contributed by atoms with Crippen LogP contribution in [0.1, 0.15) is 23.4 Å². The van der Waals surface area contributed by atoms with Crippen LogP contribution in [0.5, 0.6) is 0 Å². The molecule has 21 heavy (non-hydrogen) atoms. The van der Waals surface area contributed by atoms with Crippen LogP contribution in [0.3, 0.4) is 0 Å². The Morgan fingerprint density at radius 3 is 2.76 bits per heavy atom. The van der Waals surface area contributed by atoms with Crippen LogP contribution in [0.2, 0.25) is 5.02 Å². The Morgan fingerprint density at radius 1 is 1.43 bits per heavy atom. The van der Waals surface area contributed by atoms with Crippen LogP contribution in [0.15, 0.2) is 24.3 Å². The number of benzene rings is 1. The van der Waals surface area contributed by atoms with Gasteiger partial charge in [-0.3, -0.25) is 9.48 Å². The van der Waals surface area contributed by atoms with Gasteiger partial charge in [0.2, 0.25) is 5.91 Å². The normalized spacial score (nSPS) is 11.0. The average molecular weight is 314 g/mol. The van der Waals surface area contributed by atoms with Crippen molar-refractivity contribution >= 4 is 23.2 Å². The molecule has 1 N–H and O–H groups in total. The maximum Gasteiger partial charge on any atom is 0.282 e. The van der Waals surface area contributed by atoms with Crippen LogP contribution >= 0.6 is 11.6 Å². The highest BCUT2D eigenvalue weighted by Gasteiger charge is 2.15. The molecule has 0 atom stereocenters. The van der Waals surface area contributed by atoms with Crippen molar-refractivity contribution in [3.05, 3.63) is 46.2 Å². The van der Waals surface area contributed by atoms with E-state index in [4.69, 9.17) is 11.6 Å². The molecule has 7 heteroatoms. The molecule has 1 aromatic heterocycles. The number of nitrogens with zero attached hydrogens (tertiary/aromatic N) is 2. The van der Waals surface area contributed by atoms with E-state index in [-0.39, 0.29) is 18.1 Å². The summed E-state index contributed by atoms with van der Waals surface area (Å²) in [4.78, 5) is 12.0. The van der Waals surface area contributed by atoms with Crippen LogP contribution in [0, 0.1) is 13.8 Å². The quantitative estimate of drug-likeness (QED) is 0.935. The van der Waals surface area contributed by atoms with Gasteiger partial charge in [-0.2, -0.15) is 5.10 Å². The van der Waals surface area contributed by atoms with E-state index in [9.17, 15) is 13.6 Å². The maximum absolute atomic E-state index is 12.6. The minimum absolute atomic E-state index is 0.134. The summed E-state index contributed by atoms with van der Waals surface area (Å²) < 4.78 is 26.3. The number of hydrogen-bond acceptors (Lipinski definition) is 2. The fourth-order valence-electron chi connectivity index (χ4n) is 1.87. The number of carbonyl (C=O) groups is 1. The Kier molecular flexibility index (Phi) is 4.57. The van der Waals surface area contributed by atoms with Crippen LogP contribution < -0.4 is 5.32 Å². The Balaban J connectivity index is 2.10. The number of alkyl halides is 2. The molecular weight excluding hydrogens is 300 g/mol. The molecule has 0 aliphatic rings. The third-order valence-corrected chi connectivity index (χ3v) is 3.47. The van der Waals surface area contributed by atoms with Crippen molar-refractivity contribution in [2.45, 2.75) is 26.8 Å². The zero-order valence-corrected chi connectivity index (χ0v) is 12.3. The summed E-state index contributed by atoms with van der Waals surface area (Å²) in [7, 11) is 0. The highest BCUT2D eigenvalue weighted by Crippen LogP contribution is 2.23. The molecule has 0 spiro atoms. The fraction of sp³-hybridized carbons (Fsp3) is 0.286. The fourth-order valence-corrected chi connectivity index (χ4v) is 2.05. The summed E-state index contributed by atoms with van der Waals surface area (Å²) in [6.07, 6.45) is -2.65. The predicted octanol–water partition coefficient (Wildman–Crippen LogP) is 3.73. The lowest BCUT2D eigenvalue weighted by molar-refractivity contribution is -0.117. The van der Waals surface area contributed by atoms with E-state index < -0.39 is 6.43 Å². The van der Waals surface area contributed by atoms with Gasteiger partial charge in [0.05, 0.1) is 0 Å². The van der Waals surface area contributed by atoms with Gasteiger partial charge in [0.15, 0.2) is 0 Å². The van der Waals surface area contributed by atoms with Crippen LogP contribution in [0.25, 0.3) is 0 Å². The first kappa shape index (κ1) is 15.4. The summed E-state index contributed by atoms with van der Waals surface area (Å²) in [6, 6.07) is 6.43. The van der Waals surface area contributed by atoms with Gasteiger partial charge in [0.25, 0.3) is 6.43 Å². The second-order valence-electron chi connectivity index (χ2n) is 4.63. The number of nitrogens with one attached hydrogen (secondary N) is 1. The summed E-state index contributed by atoms with van der Waals surface area (Å²) in [6.45, 7) is 3.27. The lowest BCUT2D eigenvalue weighted by Crippen LogP contribution is -2.20. The number of halogens is 3. The summed E-state index contributed by atoms with van der Waals surface area (Å²) in [5, 5.41) is 6.95. The number of rotatable bonds is 4. The van der Waals surface area contributed by atoms with Crippen molar-refractivity contribution in [2.24, 2.45) is 0 Å². The van der Waals surface area contributed by atoms with Crippen LogP contribution in [-0.4, -0.2) is 15.7 Å². The molecule has 2 rings (SSSR count). The van der Waals surface area contributed by atoms with E-state index in [1.54, 1.807) is 32.0 Å². The SMILES string of the molecule is Cc1c(Cl)cccc1NC(=O)Cn1nc(C(F)F)cc1C. The molecule has 0 saturated heterocycles. The number of aryl methyl sites for hydroxylation is 1. The summed E-state index contributed by atoms with van der Waals surface area (Å²) in [5.41, 5.74) is 1.51. The molecule has 2 aromatic rings. The van der Waals surface area contributed by atoms with E-state index in [0.717, 1.165) is 5.56 Å². The molecule has 0 radical (unpaired) electrons. The van der Waals surface area contributed by atoms with Crippen molar-refractivity contribution < 1.29 is 13.6 Å². The largest absolute Gasteiger partial charge is 0.324 e. The average Bonchev–Trinajstić information content (AvgIpc) is 2.77. The van der Waals surface area contributed by atoms with E-state index in [2.05, 4.69) is 10.4 Å². The lowest BCUT2D eigenvalue weighted by atomic mass is 10.2. The van der Waals surface area contributed by atoms with E-state index in [1.165, 1.54) is 10.7 Å². The molecule has 0 unspecified atom stereocenters. The lowest BCUT2D eigenvalue weighted by Gasteiger charge is -2.10. The highest BCUT2D eigenvalue weighted by atomic mass is 35.5. The third-order valence-electron chi connectivity index (χ3n) is 3.06. The molecular formula is C14H14ClF2N3O. The molecule has 1 amide bonds. The van der Waals surface area contributed by atoms with Crippen molar-refractivity contribution in [2.75, 3.05) is 5.32 Å². The van der Waals surface area contributed by atoms with Gasteiger partial charge in [-0.1, -0.05) is 17.7 Å². The first-order valence-electron chi connectivity index (χ1n) is 6.26. The van der Waals surface area contributed by atoms with Gasteiger partial charge < -0.3 is 5.32 Å². The molecule has 0 aliphatic heterocycles. The van der Waals surface area contributed by atoms with Crippen LogP contribution in [-0.2, 0) is 11.3 Å². The van der Waals surface area contributed by atoms with Gasteiger partial charge in [-0.15, -0.1) is 0 Å². The second-order valence-corrected chi connectivity index (χ2v) is 5.04. The predicted molar refractivity (Wildman–Crippen MR) is 76.7 cm³/mol. The van der Waals surface area contributed by atoms with Gasteiger partial charge in [0.1, 0.15) is 12.2 Å². The molecule has 0 aliphatic carbocycles. The first-order chi connectivity index (χ1) is 9.88. The van der Waals surface area contributed by atoms with Crippen molar-refractivity contribution in [3.8, 4) is 0 Å². The molecule has 4 nitrogen and oxygen atoms in total. The van der Waals surface area contributed by atoms with Crippen molar-refractivity contribution in [3.63, 3.8) is 0 Å². The monoisotopic (exact) mass is 313 g/mol. The van der Waals surface area contributed by atoms with E-state index >= 15 is 0 Å². The Morgan fingerprint density at radius 2 is 2.14 bits per heavy atom. The van der Waals surface area contributed by atoms with Gasteiger partial charge in [-0.05, 0) is 37.6 Å². The van der Waals surface area contributed by atoms with Gasteiger partial charge in [0, 0.05) is 16.4 Å². The van der Waals surface area contributed by atoms with E-state index in [1.807, 2.05) is 0 Å². The minimum atomic E-state index is -2.65. The highest BCUT2D eigenvalue weighted by molar-refractivity contribution is 6.31. The number of hydrogen-bond donors (Lipinski definition) is 1. The zero-order chi connectivity index (χ0) is 15.6. The third kappa shape index (κ3) is 3.58. The summed E-state index contributed by atoms with van der Waals surface area (Å²) in [5.74, 6) is -0.354. The Bertz CT molecular complexity index is 670. The minimum Gasteiger partial charge on any atom is -0.324 e. The van der Waals surface area contributed by atoms with Crippen molar-refractivity contribution in [1.29, 1.82) is 0 Å². The molecule has 0 bridgehead atoms. The number of anilines is 1. The Labute approximate surface area is 125 Å². The second kappa shape index (κ2) is 6.22. The molecule has 112 valence electrons. The molecule has 1 aromatic carbocycles. The van der Waals surface area contributed by atoms with E-state index in [0.29, 0.717) is 16.4 Å². The topological polar surface area (TPSA) is 46.9 Å². The van der Waals surface area contributed by atoms with Gasteiger partial charge in [-0.25, -0.2) is 8.78 Å². The Hall–Kier alpha value is -1.95. The summed E-state index contributed by atoms with van der Waals surface area (Å²) >= 11 is 5.97. The standard InChI is InChI=1S/C14H14ClF2N3O/c1-8-6-12(14(16)17)19-20(8)7-13(21)18-11-5-3-4-10(15)9(11)2/h3-6,14H,7H2,1-2H3,(H,18,21). The number of carbonyl (C=O) groups excluding carboxylic acids is 1. The number of aromatic nitrogens is 2. The molecule has 0 saturated carbocycles. The van der Waals surface area contributed by atoms with Crippen LogP contribution in [0.4, 0.5) is 14.5 Å². The van der Waals surface area contributed by atoms with Gasteiger partial charge >= 0.3 is 0 Å². The molecule has 1 heterocycles. The maximum atomic E-state index is 12.6. The number of amides is 1. The zero-order valence-electron chi connectivity index (χ0n) is 11.5. The molecule has 0 fully saturated rings. The first-order valence-corrected chi connectivity index (χ1v) is 6.63. The smallest absolute Gasteiger partial charge is 0.282 e.